The van der Waals surface area contributed by atoms with E-state index < -0.39 is 3.79 Å². The molecule has 3 nitrogen and oxygen atoms in total. The summed E-state index contributed by atoms with van der Waals surface area (Å²) in [6.07, 6.45) is 1.93. The molecule has 1 aromatic heterocycles. The van der Waals surface area contributed by atoms with Crippen molar-refractivity contribution >= 4 is 46.5 Å². The molecule has 0 unspecified atom stereocenters. The molecule has 0 aliphatic rings. The molecule has 0 saturated heterocycles. The van der Waals surface area contributed by atoms with Gasteiger partial charge in [0.25, 0.3) is 9.68 Å². The van der Waals surface area contributed by atoms with E-state index in [2.05, 4.69) is 10.2 Å². The minimum atomic E-state index is -1.70. The lowest BCUT2D eigenvalue weighted by Crippen LogP contribution is -1.99. The number of halogens is 3. The van der Waals surface area contributed by atoms with Crippen LogP contribution in [-0.2, 0) is 3.79 Å². The Morgan fingerprint density at radius 2 is 1.79 bits per heavy atom. The van der Waals surface area contributed by atoms with E-state index in [4.69, 9.17) is 39.2 Å². The number of rotatable bonds is 2. The van der Waals surface area contributed by atoms with Crippen LogP contribution in [-0.4, -0.2) is 10.2 Å². The van der Waals surface area contributed by atoms with Crippen molar-refractivity contribution in [3.8, 4) is 0 Å². The first kappa shape index (κ1) is 14.4. The van der Waals surface area contributed by atoms with Crippen LogP contribution in [0.3, 0.4) is 0 Å². The minimum absolute atomic E-state index is 0.0378. The molecule has 2 aromatic rings. The summed E-state index contributed by atoms with van der Waals surface area (Å²) in [7, 11) is 0. The standard InChI is InChI=1S/C13H11Cl3N2O/c1-8-3-5-10(6-4-8)7-9(2)11-17-18-12(19-11)13(14,15)16/h3-7H,1-2H3. The lowest BCUT2D eigenvalue weighted by atomic mass is 10.1. The minimum Gasteiger partial charge on any atom is -0.416 e. The maximum atomic E-state index is 5.67. The number of hydrogen-bond donors (Lipinski definition) is 0. The molecule has 0 amide bonds. The second-order valence-corrected chi connectivity index (χ2v) is 6.43. The molecule has 0 fully saturated rings. The summed E-state index contributed by atoms with van der Waals surface area (Å²) in [6, 6.07) is 8.06. The molecule has 0 radical (unpaired) electrons. The lowest BCUT2D eigenvalue weighted by molar-refractivity contribution is 0.490. The summed E-state index contributed by atoms with van der Waals surface area (Å²) >= 11 is 17.0. The summed E-state index contributed by atoms with van der Waals surface area (Å²) in [5.74, 6) is 0.297. The number of nitrogens with zero attached hydrogens (tertiary/aromatic N) is 2. The molecule has 0 saturated carbocycles. The topological polar surface area (TPSA) is 38.9 Å². The van der Waals surface area contributed by atoms with Gasteiger partial charge in [-0.05, 0) is 25.5 Å². The van der Waals surface area contributed by atoms with Crippen molar-refractivity contribution in [2.24, 2.45) is 0 Å². The summed E-state index contributed by atoms with van der Waals surface area (Å²) in [4.78, 5) is 0. The van der Waals surface area contributed by atoms with E-state index in [-0.39, 0.29) is 5.89 Å². The fourth-order valence-electron chi connectivity index (χ4n) is 1.47. The van der Waals surface area contributed by atoms with Crippen molar-refractivity contribution in [3.63, 3.8) is 0 Å². The highest BCUT2D eigenvalue weighted by Gasteiger charge is 2.30. The zero-order valence-electron chi connectivity index (χ0n) is 10.3. The zero-order valence-corrected chi connectivity index (χ0v) is 12.6. The molecule has 19 heavy (non-hydrogen) atoms. The molecular formula is C13H11Cl3N2O. The SMILES string of the molecule is CC(=Cc1ccc(C)cc1)c1nnc(C(Cl)(Cl)Cl)o1. The van der Waals surface area contributed by atoms with Gasteiger partial charge in [0.2, 0.25) is 5.89 Å². The summed E-state index contributed by atoms with van der Waals surface area (Å²) in [6.45, 7) is 3.89. The number of hydrogen-bond acceptors (Lipinski definition) is 3. The predicted molar refractivity (Wildman–Crippen MR) is 78.3 cm³/mol. The fraction of sp³-hybridized carbons (Fsp3) is 0.231. The van der Waals surface area contributed by atoms with Gasteiger partial charge >= 0.3 is 0 Å². The van der Waals surface area contributed by atoms with Gasteiger partial charge in [-0.2, -0.15) is 0 Å². The van der Waals surface area contributed by atoms with Gasteiger partial charge in [0, 0.05) is 5.57 Å². The van der Waals surface area contributed by atoms with E-state index in [0.29, 0.717) is 5.89 Å². The van der Waals surface area contributed by atoms with Crippen LogP contribution < -0.4 is 0 Å². The van der Waals surface area contributed by atoms with Crippen molar-refractivity contribution < 1.29 is 4.42 Å². The van der Waals surface area contributed by atoms with Crippen LogP contribution in [0.1, 0.15) is 29.8 Å². The van der Waals surface area contributed by atoms with Gasteiger partial charge in [-0.25, -0.2) is 0 Å². The maximum Gasteiger partial charge on any atom is 0.268 e. The highest BCUT2D eigenvalue weighted by Crippen LogP contribution is 2.37. The van der Waals surface area contributed by atoms with Crippen LogP contribution in [0.25, 0.3) is 11.6 Å². The highest BCUT2D eigenvalue weighted by molar-refractivity contribution is 6.66. The number of aromatic nitrogens is 2. The van der Waals surface area contributed by atoms with Crippen molar-refractivity contribution in [3.05, 3.63) is 47.2 Å². The first-order valence-corrected chi connectivity index (χ1v) is 6.66. The molecule has 0 spiro atoms. The van der Waals surface area contributed by atoms with Crippen LogP contribution in [0.4, 0.5) is 0 Å². The van der Waals surface area contributed by atoms with Gasteiger partial charge in [-0.3, -0.25) is 0 Å². The molecule has 100 valence electrons. The average molecular weight is 318 g/mol. The Morgan fingerprint density at radius 1 is 1.16 bits per heavy atom. The molecular weight excluding hydrogens is 307 g/mol. The third kappa shape index (κ3) is 3.72. The molecule has 2 rings (SSSR count). The molecule has 1 heterocycles. The number of allylic oxidation sites excluding steroid dienone is 1. The van der Waals surface area contributed by atoms with Gasteiger partial charge in [0.05, 0.1) is 0 Å². The molecule has 0 aliphatic heterocycles. The van der Waals surface area contributed by atoms with Crippen molar-refractivity contribution in [1.29, 1.82) is 0 Å². The molecule has 1 aromatic carbocycles. The first-order chi connectivity index (χ1) is 8.86. The fourth-order valence-corrected chi connectivity index (χ4v) is 1.70. The molecule has 0 atom stereocenters. The van der Waals surface area contributed by atoms with E-state index in [1.807, 2.05) is 44.2 Å². The maximum absolute atomic E-state index is 5.67. The van der Waals surface area contributed by atoms with E-state index >= 15 is 0 Å². The molecule has 0 bridgehead atoms. The van der Waals surface area contributed by atoms with Gasteiger partial charge in [0.15, 0.2) is 0 Å². The smallest absolute Gasteiger partial charge is 0.268 e. The molecule has 0 aliphatic carbocycles. The van der Waals surface area contributed by atoms with Crippen molar-refractivity contribution in [2.75, 3.05) is 0 Å². The van der Waals surface area contributed by atoms with Crippen LogP contribution in [0.2, 0.25) is 0 Å². The predicted octanol–water partition coefficient (Wildman–Crippen LogP) is 4.77. The van der Waals surface area contributed by atoms with E-state index in [1.165, 1.54) is 5.56 Å². The van der Waals surface area contributed by atoms with Gasteiger partial charge in [0.1, 0.15) is 0 Å². The largest absolute Gasteiger partial charge is 0.416 e. The molecule has 6 heteroatoms. The Bertz CT molecular complexity index is 597. The Labute approximate surface area is 126 Å². The van der Waals surface area contributed by atoms with Gasteiger partial charge < -0.3 is 4.42 Å². The van der Waals surface area contributed by atoms with E-state index in [0.717, 1.165) is 11.1 Å². The second-order valence-electron chi connectivity index (χ2n) is 4.15. The summed E-state index contributed by atoms with van der Waals surface area (Å²) in [5.41, 5.74) is 3.04. The van der Waals surface area contributed by atoms with Crippen LogP contribution in [0.15, 0.2) is 28.7 Å². The normalized spacial score (nSPS) is 12.8. The summed E-state index contributed by atoms with van der Waals surface area (Å²) in [5, 5.41) is 7.57. The Hall–Kier alpha value is -1.03. The van der Waals surface area contributed by atoms with Gasteiger partial charge in [-0.1, -0.05) is 64.6 Å². The quantitative estimate of drug-likeness (QED) is 0.749. The second kappa shape index (κ2) is 5.53. The summed E-state index contributed by atoms with van der Waals surface area (Å²) < 4.78 is 3.62. The zero-order chi connectivity index (χ0) is 14.0. The first-order valence-electron chi connectivity index (χ1n) is 5.52. The third-order valence-electron chi connectivity index (χ3n) is 2.47. The Morgan fingerprint density at radius 3 is 2.32 bits per heavy atom. The number of aryl methyl sites for hydroxylation is 1. The number of alkyl halides is 3. The average Bonchev–Trinajstić information content (AvgIpc) is 2.81. The Kier molecular flexibility index (Phi) is 4.19. The van der Waals surface area contributed by atoms with Crippen molar-refractivity contribution in [1.82, 2.24) is 10.2 Å². The Balaban J connectivity index is 2.26. The monoisotopic (exact) mass is 316 g/mol. The van der Waals surface area contributed by atoms with Crippen LogP contribution in [0.5, 0.6) is 0 Å². The van der Waals surface area contributed by atoms with E-state index in [9.17, 15) is 0 Å². The number of benzene rings is 1. The van der Waals surface area contributed by atoms with Crippen LogP contribution >= 0.6 is 34.8 Å². The van der Waals surface area contributed by atoms with Gasteiger partial charge in [-0.15, -0.1) is 10.2 Å². The van der Waals surface area contributed by atoms with Crippen LogP contribution in [0, 0.1) is 6.92 Å². The third-order valence-corrected chi connectivity index (χ3v) is 2.95. The van der Waals surface area contributed by atoms with Crippen molar-refractivity contribution in [2.45, 2.75) is 17.6 Å². The van der Waals surface area contributed by atoms with E-state index in [1.54, 1.807) is 0 Å². The lowest BCUT2D eigenvalue weighted by Gasteiger charge is -2.02. The molecule has 0 N–H and O–H groups in total. The highest BCUT2D eigenvalue weighted by atomic mass is 35.6.